The molecule has 1 heterocycles. The first-order chi connectivity index (χ1) is 5.74. The second-order valence-corrected chi connectivity index (χ2v) is 2.74. The maximum atomic E-state index is 11.1. The number of hydrogen-bond donors (Lipinski definition) is 1. The summed E-state index contributed by atoms with van der Waals surface area (Å²) in [7, 11) is 1.87. The van der Waals surface area contributed by atoms with Crippen LogP contribution in [0.25, 0.3) is 0 Å². The van der Waals surface area contributed by atoms with Gasteiger partial charge in [0.25, 0.3) is 0 Å². The molecule has 1 aromatic rings. The molecule has 4 heteroatoms. The number of likely N-dealkylation sites (N-methyl/N-ethyl adjacent to an activating group) is 1. The van der Waals surface area contributed by atoms with Crippen molar-refractivity contribution in [3.63, 3.8) is 0 Å². The second kappa shape index (κ2) is 4.01. The van der Waals surface area contributed by atoms with Crippen LogP contribution in [0.15, 0.2) is 23.3 Å². The molecule has 0 radical (unpaired) electrons. The normalized spacial score (nSPS) is 12.8. The molecule has 0 spiro atoms. The molecule has 0 saturated heterocycles. The van der Waals surface area contributed by atoms with Gasteiger partial charge in [-0.1, -0.05) is 0 Å². The van der Waals surface area contributed by atoms with Crippen molar-refractivity contribution in [3.8, 4) is 0 Å². The molecule has 0 bridgehead atoms. The first kappa shape index (κ1) is 8.93. The quantitative estimate of drug-likeness (QED) is 0.681. The SMILES string of the molecule is CNC(C)Cn1cccnc1=O. The molecule has 4 nitrogen and oxygen atoms in total. The van der Waals surface area contributed by atoms with Crippen LogP contribution in [-0.2, 0) is 6.54 Å². The maximum absolute atomic E-state index is 11.1. The van der Waals surface area contributed by atoms with Gasteiger partial charge in [-0.3, -0.25) is 4.57 Å². The van der Waals surface area contributed by atoms with Crippen LogP contribution in [-0.4, -0.2) is 22.6 Å². The largest absolute Gasteiger partial charge is 0.347 e. The van der Waals surface area contributed by atoms with Crippen molar-refractivity contribution in [1.29, 1.82) is 0 Å². The molecule has 66 valence electrons. The Morgan fingerprint density at radius 2 is 2.50 bits per heavy atom. The van der Waals surface area contributed by atoms with Gasteiger partial charge in [-0.15, -0.1) is 0 Å². The maximum Gasteiger partial charge on any atom is 0.347 e. The summed E-state index contributed by atoms with van der Waals surface area (Å²) in [4.78, 5) is 14.7. The molecule has 0 amide bonds. The third kappa shape index (κ3) is 2.17. The Labute approximate surface area is 71.3 Å². The summed E-state index contributed by atoms with van der Waals surface area (Å²) in [5.41, 5.74) is -0.195. The van der Waals surface area contributed by atoms with Gasteiger partial charge < -0.3 is 5.32 Å². The standard InChI is InChI=1S/C8H13N3O/c1-7(9-2)6-11-5-3-4-10-8(11)12/h3-5,7,9H,6H2,1-2H3. The molecule has 0 saturated carbocycles. The van der Waals surface area contributed by atoms with Crippen LogP contribution in [0.3, 0.4) is 0 Å². The van der Waals surface area contributed by atoms with E-state index in [1.54, 1.807) is 16.8 Å². The Hall–Kier alpha value is -1.16. The van der Waals surface area contributed by atoms with Crippen molar-refractivity contribution in [2.75, 3.05) is 7.05 Å². The fourth-order valence-corrected chi connectivity index (χ4v) is 0.912. The lowest BCUT2D eigenvalue weighted by atomic mass is 10.3. The fraction of sp³-hybridized carbons (Fsp3) is 0.500. The van der Waals surface area contributed by atoms with E-state index in [1.165, 1.54) is 6.20 Å². The zero-order chi connectivity index (χ0) is 8.97. The number of hydrogen-bond acceptors (Lipinski definition) is 3. The highest BCUT2D eigenvalue weighted by atomic mass is 16.1. The summed E-state index contributed by atoms with van der Waals surface area (Å²) < 4.78 is 1.58. The van der Waals surface area contributed by atoms with Crippen LogP contribution in [0.1, 0.15) is 6.92 Å². The lowest BCUT2D eigenvalue weighted by Gasteiger charge is -2.10. The minimum atomic E-state index is -0.195. The lowest BCUT2D eigenvalue weighted by molar-refractivity contribution is 0.498. The third-order valence-corrected chi connectivity index (χ3v) is 1.75. The molecule has 1 aromatic heterocycles. The van der Waals surface area contributed by atoms with E-state index in [2.05, 4.69) is 10.3 Å². The van der Waals surface area contributed by atoms with Crippen LogP contribution >= 0.6 is 0 Å². The minimum absolute atomic E-state index is 0.195. The van der Waals surface area contributed by atoms with Gasteiger partial charge in [0.1, 0.15) is 0 Å². The number of nitrogens with zero attached hydrogens (tertiary/aromatic N) is 2. The van der Waals surface area contributed by atoms with E-state index in [1.807, 2.05) is 14.0 Å². The van der Waals surface area contributed by atoms with Crippen LogP contribution in [0, 0.1) is 0 Å². The summed E-state index contributed by atoms with van der Waals surface area (Å²) in [6.45, 7) is 2.67. The molecule has 0 fully saturated rings. The average Bonchev–Trinajstić information content (AvgIpc) is 2.09. The van der Waals surface area contributed by atoms with Gasteiger partial charge in [0.2, 0.25) is 0 Å². The summed E-state index contributed by atoms with van der Waals surface area (Å²) in [6, 6.07) is 2.04. The van der Waals surface area contributed by atoms with Crippen molar-refractivity contribution >= 4 is 0 Å². The highest BCUT2D eigenvalue weighted by Crippen LogP contribution is 1.85. The van der Waals surface area contributed by atoms with Gasteiger partial charge in [-0.25, -0.2) is 9.78 Å². The molecule has 0 aromatic carbocycles. The van der Waals surface area contributed by atoms with Crippen LogP contribution in [0.2, 0.25) is 0 Å². The Kier molecular flexibility index (Phi) is 2.99. The van der Waals surface area contributed by atoms with E-state index in [0.717, 1.165) is 0 Å². The van der Waals surface area contributed by atoms with Gasteiger partial charge in [0.05, 0.1) is 0 Å². The molecule has 0 aliphatic rings. The monoisotopic (exact) mass is 167 g/mol. The van der Waals surface area contributed by atoms with Crippen molar-refractivity contribution in [2.45, 2.75) is 19.5 Å². The van der Waals surface area contributed by atoms with Gasteiger partial charge in [0.15, 0.2) is 0 Å². The molecule has 1 atom stereocenters. The molecule has 0 aliphatic heterocycles. The van der Waals surface area contributed by atoms with Gasteiger partial charge in [0, 0.05) is 25.0 Å². The Morgan fingerprint density at radius 3 is 3.08 bits per heavy atom. The van der Waals surface area contributed by atoms with Crippen LogP contribution in [0.5, 0.6) is 0 Å². The van der Waals surface area contributed by atoms with E-state index in [4.69, 9.17) is 0 Å². The minimum Gasteiger partial charge on any atom is -0.315 e. The molecule has 1 N–H and O–H groups in total. The Bertz CT molecular complexity index is 294. The summed E-state index contributed by atoms with van der Waals surface area (Å²) >= 11 is 0. The van der Waals surface area contributed by atoms with Crippen molar-refractivity contribution in [1.82, 2.24) is 14.9 Å². The van der Waals surface area contributed by atoms with E-state index >= 15 is 0 Å². The van der Waals surface area contributed by atoms with Gasteiger partial charge >= 0.3 is 5.69 Å². The fourth-order valence-electron chi connectivity index (χ4n) is 0.912. The third-order valence-electron chi connectivity index (χ3n) is 1.75. The van der Waals surface area contributed by atoms with Crippen LogP contribution < -0.4 is 11.0 Å². The highest BCUT2D eigenvalue weighted by molar-refractivity contribution is 4.81. The summed E-state index contributed by atoms with van der Waals surface area (Å²) in [6.07, 6.45) is 3.24. The molecular weight excluding hydrogens is 154 g/mol. The Morgan fingerprint density at radius 1 is 1.75 bits per heavy atom. The van der Waals surface area contributed by atoms with E-state index in [0.29, 0.717) is 6.54 Å². The van der Waals surface area contributed by atoms with Crippen molar-refractivity contribution in [3.05, 3.63) is 28.9 Å². The predicted molar refractivity (Wildman–Crippen MR) is 47.0 cm³/mol. The predicted octanol–water partition coefficient (Wildman–Crippen LogP) is -0.149. The topological polar surface area (TPSA) is 46.9 Å². The van der Waals surface area contributed by atoms with Crippen molar-refractivity contribution < 1.29 is 0 Å². The smallest absolute Gasteiger partial charge is 0.315 e. The molecule has 12 heavy (non-hydrogen) atoms. The summed E-state index contributed by atoms with van der Waals surface area (Å²) in [5.74, 6) is 0. The molecule has 0 aliphatic carbocycles. The lowest BCUT2D eigenvalue weighted by Crippen LogP contribution is -2.32. The average molecular weight is 167 g/mol. The number of nitrogens with one attached hydrogen (secondary N) is 1. The number of aromatic nitrogens is 2. The van der Waals surface area contributed by atoms with E-state index in [-0.39, 0.29) is 11.7 Å². The second-order valence-electron chi connectivity index (χ2n) is 2.74. The van der Waals surface area contributed by atoms with Gasteiger partial charge in [-0.05, 0) is 20.0 Å². The number of rotatable bonds is 3. The van der Waals surface area contributed by atoms with Crippen molar-refractivity contribution in [2.24, 2.45) is 0 Å². The molecule has 1 unspecified atom stereocenters. The highest BCUT2D eigenvalue weighted by Gasteiger charge is 2.00. The van der Waals surface area contributed by atoms with E-state index < -0.39 is 0 Å². The van der Waals surface area contributed by atoms with E-state index in [9.17, 15) is 4.79 Å². The first-order valence-electron chi connectivity index (χ1n) is 3.92. The molecular formula is C8H13N3O. The van der Waals surface area contributed by atoms with Crippen LogP contribution in [0.4, 0.5) is 0 Å². The Balaban J connectivity index is 2.76. The molecule has 1 rings (SSSR count). The zero-order valence-corrected chi connectivity index (χ0v) is 7.32. The summed E-state index contributed by atoms with van der Waals surface area (Å²) in [5, 5.41) is 3.05. The zero-order valence-electron chi connectivity index (χ0n) is 7.32. The van der Waals surface area contributed by atoms with Gasteiger partial charge in [-0.2, -0.15) is 0 Å². The first-order valence-corrected chi connectivity index (χ1v) is 3.92.